The minimum absolute atomic E-state index is 0.127. The second-order valence-electron chi connectivity index (χ2n) is 8.70. The molecule has 1 aliphatic heterocycles. The average molecular weight is 437 g/mol. The SMILES string of the molecule is COc1ccc(/C(O)=C2\C(=O)C(=O)N(CCCN(C)C)[C@H]2c2ccc(C(C)C)cc2)cc1. The van der Waals surface area contributed by atoms with Crippen molar-refractivity contribution in [1.82, 2.24) is 9.80 Å². The van der Waals surface area contributed by atoms with Gasteiger partial charge in [-0.2, -0.15) is 0 Å². The number of hydrogen-bond acceptors (Lipinski definition) is 5. The molecule has 1 saturated heterocycles. The fourth-order valence-electron chi connectivity index (χ4n) is 3.98. The Kier molecular flexibility index (Phi) is 7.36. The lowest BCUT2D eigenvalue weighted by Crippen LogP contribution is -2.32. The maximum absolute atomic E-state index is 13.1. The molecule has 2 aromatic rings. The molecular weight excluding hydrogens is 404 g/mol. The molecule has 1 fully saturated rings. The quantitative estimate of drug-likeness (QED) is 0.382. The first kappa shape index (κ1) is 23.5. The number of carbonyl (C=O) groups is 2. The number of methoxy groups -OCH3 is 1. The van der Waals surface area contributed by atoms with Gasteiger partial charge in [0.05, 0.1) is 18.7 Å². The maximum Gasteiger partial charge on any atom is 0.295 e. The van der Waals surface area contributed by atoms with Crippen LogP contribution in [0.3, 0.4) is 0 Å². The van der Waals surface area contributed by atoms with E-state index in [0.29, 0.717) is 23.8 Å². The fourth-order valence-corrected chi connectivity index (χ4v) is 3.98. The van der Waals surface area contributed by atoms with E-state index in [1.807, 2.05) is 43.3 Å². The molecule has 0 unspecified atom stereocenters. The van der Waals surface area contributed by atoms with E-state index in [2.05, 4.69) is 13.8 Å². The highest BCUT2D eigenvalue weighted by Gasteiger charge is 2.45. The van der Waals surface area contributed by atoms with Crippen molar-refractivity contribution in [3.05, 3.63) is 70.8 Å². The number of Topliss-reactive ketones (excluding diaryl/α,β-unsaturated/α-hetero) is 1. The number of aliphatic hydroxyl groups excluding tert-OH is 1. The number of likely N-dealkylation sites (tertiary alicyclic amines) is 1. The van der Waals surface area contributed by atoms with Crippen molar-refractivity contribution in [3.8, 4) is 5.75 Å². The van der Waals surface area contributed by atoms with Gasteiger partial charge in [-0.05, 0) is 68.4 Å². The second kappa shape index (κ2) is 10.0. The molecule has 0 saturated carbocycles. The lowest BCUT2D eigenvalue weighted by molar-refractivity contribution is -0.139. The Morgan fingerprint density at radius 3 is 2.22 bits per heavy atom. The zero-order valence-electron chi connectivity index (χ0n) is 19.5. The lowest BCUT2D eigenvalue weighted by Gasteiger charge is -2.26. The summed E-state index contributed by atoms with van der Waals surface area (Å²) in [7, 11) is 5.51. The Morgan fingerprint density at radius 1 is 1.06 bits per heavy atom. The van der Waals surface area contributed by atoms with E-state index in [1.54, 1.807) is 36.3 Å². The molecule has 6 nitrogen and oxygen atoms in total. The van der Waals surface area contributed by atoms with Crippen LogP contribution >= 0.6 is 0 Å². The minimum Gasteiger partial charge on any atom is -0.507 e. The van der Waals surface area contributed by atoms with Crippen LogP contribution in [0.2, 0.25) is 0 Å². The molecule has 0 radical (unpaired) electrons. The summed E-state index contributed by atoms with van der Waals surface area (Å²) in [5.74, 6) is -0.377. The summed E-state index contributed by atoms with van der Waals surface area (Å²) in [4.78, 5) is 29.7. The molecule has 1 atom stereocenters. The minimum atomic E-state index is -0.652. The first-order chi connectivity index (χ1) is 15.2. The van der Waals surface area contributed by atoms with Gasteiger partial charge < -0.3 is 19.6 Å². The number of rotatable bonds is 8. The van der Waals surface area contributed by atoms with Gasteiger partial charge in [-0.1, -0.05) is 38.1 Å². The van der Waals surface area contributed by atoms with Gasteiger partial charge in [0, 0.05) is 12.1 Å². The van der Waals surface area contributed by atoms with Crippen molar-refractivity contribution in [3.63, 3.8) is 0 Å². The summed E-state index contributed by atoms with van der Waals surface area (Å²) < 4.78 is 5.18. The van der Waals surface area contributed by atoms with Gasteiger partial charge in [0.15, 0.2) is 0 Å². The molecule has 1 amide bonds. The first-order valence-corrected chi connectivity index (χ1v) is 10.9. The molecule has 6 heteroatoms. The molecule has 1 N–H and O–H groups in total. The smallest absolute Gasteiger partial charge is 0.295 e. The van der Waals surface area contributed by atoms with Gasteiger partial charge in [-0.25, -0.2) is 0 Å². The largest absolute Gasteiger partial charge is 0.507 e. The van der Waals surface area contributed by atoms with Gasteiger partial charge in [-0.3, -0.25) is 9.59 Å². The van der Waals surface area contributed by atoms with Crippen molar-refractivity contribution in [2.45, 2.75) is 32.2 Å². The number of hydrogen-bond donors (Lipinski definition) is 1. The lowest BCUT2D eigenvalue weighted by atomic mass is 9.93. The molecule has 1 aliphatic rings. The number of ether oxygens (including phenoxy) is 1. The summed E-state index contributed by atoms with van der Waals surface area (Å²) in [5, 5.41) is 11.1. The Labute approximate surface area is 190 Å². The Balaban J connectivity index is 2.07. The van der Waals surface area contributed by atoms with Gasteiger partial charge in [-0.15, -0.1) is 0 Å². The molecule has 0 aromatic heterocycles. The monoisotopic (exact) mass is 436 g/mol. The second-order valence-corrected chi connectivity index (χ2v) is 8.70. The van der Waals surface area contributed by atoms with Crippen LogP contribution in [-0.2, 0) is 9.59 Å². The predicted molar refractivity (Wildman–Crippen MR) is 126 cm³/mol. The van der Waals surface area contributed by atoms with E-state index in [4.69, 9.17) is 4.74 Å². The van der Waals surface area contributed by atoms with Crippen LogP contribution in [0, 0.1) is 0 Å². The van der Waals surface area contributed by atoms with Crippen molar-refractivity contribution in [2.75, 3.05) is 34.3 Å². The van der Waals surface area contributed by atoms with E-state index >= 15 is 0 Å². The van der Waals surface area contributed by atoms with E-state index in [1.165, 1.54) is 5.56 Å². The number of aliphatic hydroxyl groups is 1. The summed E-state index contributed by atoms with van der Waals surface area (Å²) in [6, 6.07) is 14.1. The van der Waals surface area contributed by atoms with Crippen LogP contribution in [0.1, 0.15) is 48.9 Å². The number of ketones is 1. The average Bonchev–Trinajstić information content (AvgIpc) is 3.03. The predicted octanol–water partition coefficient (Wildman–Crippen LogP) is 4.19. The van der Waals surface area contributed by atoms with Crippen LogP contribution in [-0.4, -0.2) is 60.9 Å². The standard InChI is InChI=1S/C26H32N2O4/c1-17(2)18-7-9-19(10-8-18)23-22(24(29)20-11-13-21(32-5)14-12-20)25(30)26(31)28(23)16-6-15-27(3)4/h7-14,17,23,29H,6,15-16H2,1-5H3/b24-22+/t23-/m0/s1. The number of benzene rings is 2. The van der Waals surface area contributed by atoms with Crippen molar-refractivity contribution >= 4 is 17.4 Å². The molecule has 0 spiro atoms. The Morgan fingerprint density at radius 2 is 1.69 bits per heavy atom. The maximum atomic E-state index is 13.1. The zero-order chi connectivity index (χ0) is 23.4. The third kappa shape index (κ3) is 4.86. The van der Waals surface area contributed by atoms with Crippen LogP contribution < -0.4 is 4.74 Å². The number of amides is 1. The Bertz CT molecular complexity index is 991. The third-order valence-electron chi connectivity index (χ3n) is 5.83. The van der Waals surface area contributed by atoms with Crippen LogP contribution in [0.4, 0.5) is 0 Å². The van der Waals surface area contributed by atoms with Gasteiger partial charge in [0.25, 0.3) is 11.7 Å². The summed E-state index contributed by atoms with van der Waals surface area (Å²) in [5.41, 5.74) is 2.59. The number of carbonyl (C=O) groups excluding carboxylic acids is 2. The summed E-state index contributed by atoms with van der Waals surface area (Å²) >= 11 is 0. The highest BCUT2D eigenvalue weighted by Crippen LogP contribution is 2.40. The van der Waals surface area contributed by atoms with Crippen LogP contribution in [0.15, 0.2) is 54.1 Å². The molecule has 0 bridgehead atoms. The highest BCUT2D eigenvalue weighted by molar-refractivity contribution is 6.46. The van der Waals surface area contributed by atoms with Crippen LogP contribution in [0.5, 0.6) is 5.75 Å². The van der Waals surface area contributed by atoms with E-state index in [9.17, 15) is 14.7 Å². The van der Waals surface area contributed by atoms with Crippen molar-refractivity contribution < 1.29 is 19.4 Å². The summed E-state index contributed by atoms with van der Waals surface area (Å²) in [6.07, 6.45) is 0.725. The first-order valence-electron chi connectivity index (χ1n) is 10.9. The Hall–Kier alpha value is -3.12. The molecule has 0 aliphatic carbocycles. The van der Waals surface area contributed by atoms with Crippen molar-refractivity contribution in [2.24, 2.45) is 0 Å². The van der Waals surface area contributed by atoms with Gasteiger partial charge in [0.1, 0.15) is 11.5 Å². The van der Waals surface area contributed by atoms with Gasteiger partial charge in [0.2, 0.25) is 0 Å². The fraction of sp³-hybridized carbons (Fsp3) is 0.385. The molecule has 32 heavy (non-hydrogen) atoms. The number of nitrogens with zero attached hydrogens (tertiary/aromatic N) is 2. The molecular formula is C26H32N2O4. The zero-order valence-corrected chi connectivity index (χ0v) is 19.5. The molecule has 170 valence electrons. The summed E-state index contributed by atoms with van der Waals surface area (Å²) in [6.45, 7) is 5.46. The molecule has 3 rings (SSSR count). The third-order valence-corrected chi connectivity index (χ3v) is 5.83. The highest BCUT2D eigenvalue weighted by atomic mass is 16.5. The van der Waals surface area contributed by atoms with E-state index in [-0.39, 0.29) is 11.3 Å². The van der Waals surface area contributed by atoms with E-state index in [0.717, 1.165) is 18.5 Å². The van der Waals surface area contributed by atoms with Crippen molar-refractivity contribution in [1.29, 1.82) is 0 Å². The molecule has 1 heterocycles. The van der Waals surface area contributed by atoms with Crippen LogP contribution in [0.25, 0.3) is 5.76 Å². The molecule has 2 aromatic carbocycles. The van der Waals surface area contributed by atoms with Gasteiger partial charge >= 0.3 is 0 Å². The topological polar surface area (TPSA) is 70.1 Å². The van der Waals surface area contributed by atoms with E-state index < -0.39 is 17.7 Å². The normalized spacial score (nSPS) is 18.1.